The van der Waals surface area contributed by atoms with Gasteiger partial charge in [0.05, 0.1) is 19.8 Å². The molecule has 23 heavy (non-hydrogen) atoms. The first-order valence-electron chi connectivity index (χ1n) is 9.22. The highest BCUT2D eigenvalue weighted by Crippen LogP contribution is 2.14. The monoisotopic (exact) mass is 333 g/mol. The van der Waals surface area contributed by atoms with Gasteiger partial charge in [-0.05, 0) is 38.9 Å². The fourth-order valence-electron chi connectivity index (χ4n) is 1.96. The van der Waals surface area contributed by atoms with Crippen molar-refractivity contribution in [1.29, 1.82) is 0 Å². The molecule has 0 spiro atoms. The summed E-state index contributed by atoms with van der Waals surface area (Å²) in [6.07, 6.45) is 3.36. The van der Waals surface area contributed by atoms with E-state index in [0.717, 1.165) is 58.5 Å². The van der Waals surface area contributed by atoms with E-state index < -0.39 is 5.97 Å². The van der Waals surface area contributed by atoms with Gasteiger partial charge in [-0.2, -0.15) is 0 Å². The van der Waals surface area contributed by atoms with E-state index in [1.807, 2.05) is 6.92 Å². The van der Waals surface area contributed by atoms with Gasteiger partial charge in [-0.15, -0.1) is 0 Å². The van der Waals surface area contributed by atoms with E-state index in [0.29, 0.717) is 19.8 Å². The van der Waals surface area contributed by atoms with Crippen molar-refractivity contribution in [3.63, 3.8) is 0 Å². The van der Waals surface area contributed by atoms with Gasteiger partial charge >= 0.3 is 0 Å². The summed E-state index contributed by atoms with van der Waals surface area (Å²) < 4.78 is 17.5. The average molecular weight is 334 g/mol. The van der Waals surface area contributed by atoms with Crippen LogP contribution in [0.4, 0.5) is 0 Å². The minimum atomic E-state index is -0.977. The lowest BCUT2D eigenvalue weighted by Crippen LogP contribution is -2.41. The molecule has 0 radical (unpaired) electrons. The van der Waals surface area contributed by atoms with Crippen LogP contribution in [-0.4, -0.2) is 65.1 Å². The van der Waals surface area contributed by atoms with Crippen LogP contribution in [0.15, 0.2) is 0 Å². The predicted molar refractivity (Wildman–Crippen MR) is 95.7 cm³/mol. The topological polar surface area (TPSA) is 63.8 Å². The van der Waals surface area contributed by atoms with Crippen LogP contribution in [0.3, 0.4) is 0 Å². The smallest absolute Gasteiger partial charge is 0.280 e. The molecule has 0 unspecified atom stereocenters. The largest absolute Gasteiger partial charge is 0.326 e. The highest BCUT2D eigenvalue weighted by Gasteiger charge is 2.26. The zero-order chi connectivity index (χ0) is 17.2. The van der Waals surface area contributed by atoms with E-state index in [-0.39, 0.29) is 0 Å². The van der Waals surface area contributed by atoms with E-state index in [1.54, 1.807) is 0 Å². The zero-order valence-corrected chi connectivity index (χ0v) is 15.7. The molecule has 0 aliphatic heterocycles. The molecule has 3 N–H and O–H groups in total. The van der Waals surface area contributed by atoms with E-state index in [4.69, 9.17) is 14.2 Å². The van der Waals surface area contributed by atoms with E-state index in [1.165, 1.54) is 0 Å². The van der Waals surface area contributed by atoms with Gasteiger partial charge in [0.25, 0.3) is 5.97 Å². The third kappa shape index (κ3) is 15.1. The Balaban J connectivity index is 4.00. The standard InChI is InChI=1S/C17H39N3O3/c1-5-8-18-11-14-21-17(4,22-15-12-19-9-6-2)23-16-13-20-10-7-3/h18-20H,5-16H2,1-4H3. The Hall–Kier alpha value is -0.240. The van der Waals surface area contributed by atoms with Crippen LogP contribution < -0.4 is 16.0 Å². The first-order valence-corrected chi connectivity index (χ1v) is 9.22. The fourth-order valence-corrected chi connectivity index (χ4v) is 1.96. The Bertz CT molecular complexity index is 207. The van der Waals surface area contributed by atoms with E-state index in [9.17, 15) is 0 Å². The highest BCUT2D eigenvalue weighted by atomic mass is 16.9. The Kier molecular flexibility index (Phi) is 16.4. The van der Waals surface area contributed by atoms with Crippen molar-refractivity contribution in [2.75, 3.05) is 59.1 Å². The minimum Gasteiger partial charge on any atom is -0.326 e. The van der Waals surface area contributed by atoms with Crippen molar-refractivity contribution in [1.82, 2.24) is 16.0 Å². The Morgan fingerprint density at radius 2 is 0.870 bits per heavy atom. The molecule has 0 fully saturated rings. The summed E-state index contributed by atoms with van der Waals surface area (Å²) in [5.41, 5.74) is 0. The summed E-state index contributed by atoms with van der Waals surface area (Å²) >= 11 is 0. The van der Waals surface area contributed by atoms with Crippen molar-refractivity contribution in [3.05, 3.63) is 0 Å². The molecule has 0 rings (SSSR count). The van der Waals surface area contributed by atoms with Crippen molar-refractivity contribution in [2.45, 2.75) is 52.9 Å². The maximum Gasteiger partial charge on any atom is 0.280 e. The van der Waals surface area contributed by atoms with Gasteiger partial charge in [-0.1, -0.05) is 20.8 Å². The van der Waals surface area contributed by atoms with Crippen molar-refractivity contribution in [3.8, 4) is 0 Å². The Morgan fingerprint density at radius 3 is 1.13 bits per heavy atom. The lowest BCUT2D eigenvalue weighted by atomic mass is 10.4. The molecule has 0 heterocycles. The quantitative estimate of drug-likeness (QED) is 0.262. The van der Waals surface area contributed by atoms with E-state index in [2.05, 4.69) is 36.7 Å². The summed E-state index contributed by atoms with van der Waals surface area (Å²) in [5, 5.41) is 9.94. The predicted octanol–water partition coefficient (Wildman–Crippen LogP) is 1.71. The number of hydrogen-bond donors (Lipinski definition) is 3. The van der Waals surface area contributed by atoms with Crippen LogP contribution in [0, 0.1) is 0 Å². The number of hydrogen-bond acceptors (Lipinski definition) is 6. The van der Waals surface area contributed by atoms with Crippen molar-refractivity contribution in [2.24, 2.45) is 0 Å². The lowest BCUT2D eigenvalue weighted by Gasteiger charge is -2.30. The molecule has 0 aromatic rings. The summed E-state index contributed by atoms with van der Waals surface area (Å²) in [4.78, 5) is 0. The van der Waals surface area contributed by atoms with Gasteiger partial charge < -0.3 is 30.2 Å². The molecular weight excluding hydrogens is 294 g/mol. The normalized spacial score (nSPS) is 12.0. The average Bonchev–Trinajstić information content (AvgIpc) is 2.54. The summed E-state index contributed by atoms with van der Waals surface area (Å²) in [6.45, 7) is 15.4. The van der Waals surface area contributed by atoms with Crippen molar-refractivity contribution < 1.29 is 14.2 Å². The van der Waals surface area contributed by atoms with Gasteiger partial charge in [-0.25, -0.2) is 0 Å². The second-order valence-corrected chi connectivity index (χ2v) is 5.66. The molecule has 0 amide bonds. The Morgan fingerprint density at radius 1 is 0.565 bits per heavy atom. The van der Waals surface area contributed by atoms with Gasteiger partial charge in [-0.3, -0.25) is 0 Å². The second-order valence-electron chi connectivity index (χ2n) is 5.66. The van der Waals surface area contributed by atoms with E-state index >= 15 is 0 Å². The van der Waals surface area contributed by atoms with Crippen molar-refractivity contribution >= 4 is 0 Å². The SMILES string of the molecule is CCCNCCOC(C)(OCCNCCC)OCCNCCC. The molecule has 0 atom stereocenters. The maximum atomic E-state index is 5.83. The van der Waals surface area contributed by atoms with Crippen LogP contribution in [-0.2, 0) is 14.2 Å². The summed E-state index contributed by atoms with van der Waals surface area (Å²) in [5.74, 6) is -0.977. The molecule has 0 saturated carbocycles. The first-order chi connectivity index (χ1) is 11.2. The van der Waals surface area contributed by atoms with Gasteiger partial charge in [0.2, 0.25) is 0 Å². The molecule has 0 aromatic heterocycles. The number of ether oxygens (including phenoxy) is 3. The molecule has 6 nitrogen and oxygen atoms in total. The summed E-state index contributed by atoms with van der Waals surface area (Å²) in [6, 6.07) is 0. The molecule has 0 aliphatic carbocycles. The second kappa shape index (κ2) is 16.6. The van der Waals surface area contributed by atoms with Crippen LogP contribution in [0.2, 0.25) is 0 Å². The van der Waals surface area contributed by atoms with Gasteiger partial charge in [0, 0.05) is 26.6 Å². The third-order valence-electron chi connectivity index (χ3n) is 3.21. The van der Waals surface area contributed by atoms with Crippen LogP contribution in [0.5, 0.6) is 0 Å². The maximum absolute atomic E-state index is 5.83. The molecule has 0 aromatic carbocycles. The third-order valence-corrected chi connectivity index (χ3v) is 3.21. The van der Waals surface area contributed by atoms with Gasteiger partial charge in [0.1, 0.15) is 0 Å². The van der Waals surface area contributed by atoms with Gasteiger partial charge in [0.15, 0.2) is 0 Å². The number of rotatable bonds is 18. The zero-order valence-electron chi connectivity index (χ0n) is 15.7. The molecule has 140 valence electrons. The molecular formula is C17H39N3O3. The van der Waals surface area contributed by atoms with Crippen LogP contribution in [0.1, 0.15) is 47.0 Å². The lowest BCUT2D eigenvalue weighted by molar-refractivity contribution is -0.368. The fraction of sp³-hybridized carbons (Fsp3) is 1.00. The highest BCUT2D eigenvalue weighted by molar-refractivity contribution is 4.55. The molecule has 0 aliphatic rings. The molecule has 0 saturated heterocycles. The summed E-state index contributed by atoms with van der Waals surface area (Å²) in [7, 11) is 0. The molecule has 0 bridgehead atoms. The Labute approximate surface area is 143 Å². The first kappa shape index (κ1) is 22.8. The van der Waals surface area contributed by atoms with Crippen LogP contribution in [0.25, 0.3) is 0 Å². The van der Waals surface area contributed by atoms with Crippen LogP contribution >= 0.6 is 0 Å². The molecule has 6 heteroatoms. The number of nitrogens with one attached hydrogen (secondary N) is 3. The minimum absolute atomic E-state index is 0.571.